The van der Waals surface area contributed by atoms with E-state index >= 15 is 0 Å². The molecule has 0 unspecified atom stereocenters. The molecule has 0 atom stereocenters. The minimum atomic E-state index is -0.0603. The molecule has 0 radical (unpaired) electrons. The van der Waals surface area contributed by atoms with Crippen LogP contribution in [0.2, 0.25) is 0 Å². The zero-order chi connectivity index (χ0) is 13.3. The quantitative estimate of drug-likeness (QED) is 0.885. The van der Waals surface area contributed by atoms with Crippen LogP contribution >= 0.6 is 0 Å². The zero-order valence-electron chi connectivity index (χ0n) is 11.1. The average Bonchev–Trinajstić information content (AvgIpc) is 2.81. The lowest BCUT2D eigenvalue weighted by Gasteiger charge is -2.06. The third-order valence-electron chi connectivity index (χ3n) is 2.62. The summed E-state index contributed by atoms with van der Waals surface area (Å²) < 4.78 is 8.93. The van der Waals surface area contributed by atoms with Crippen molar-refractivity contribution < 1.29 is 9.84 Å². The lowest BCUT2D eigenvalue weighted by Crippen LogP contribution is -2.06. The molecule has 0 bridgehead atoms. The summed E-state index contributed by atoms with van der Waals surface area (Å²) in [6.07, 6.45) is 3.55. The Morgan fingerprint density at radius 2 is 2.17 bits per heavy atom. The summed E-state index contributed by atoms with van der Waals surface area (Å²) in [5.74, 6) is 1.46. The first-order chi connectivity index (χ1) is 8.52. The first-order valence-electron chi connectivity index (χ1n) is 5.88. The number of hydrogen-bond donors (Lipinski definition) is 1. The molecular formula is C12H18N4O2. The van der Waals surface area contributed by atoms with E-state index in [1.807, 2.05) is 27.8 Å². The summed E-state index contributed by atoms with van der Waals surface area (Å²) >= 11 is 0. The van der Waals surface area contributed by atoms with Gasteiger partial charge in [-0.1, -0.05) is 0 Å². The van der Waals surface area contributed by atoms with Gasteiger partial charge in [-0.25, -0.2) is 4.68 Å². The maximum Gasteiger partial charge on any atom is 0.158 e. The fourth-order valence-corrected chi connectivity index (χ4v) is 1.92. The summed E-state index contributed by atoms with van der Waals surface area (Å²) in [4.78, 5) is 0. The van der Waals surface area contributed by atoms with Crippen molar-refractivity contribution in [3.63, 3.8) is 0 Å². The van der Waals surface area contributed by atoms with E-state index < -0.39 is 0 Å². The van der Waals surface area contributed by atoms with Gasteiger partial charge in [-0.2, -0.15) is 10.2 Å². The summed E-state index contributed by atoms with van der Waals surface area (Å²) in [5, 5.41) is 17.9. The molecular weight excluding hydrogens is 232 g/mol. The highest BCUT2D eigenvalue weighted by atomic mass is 16.5. The van der Waals surface area contributed by atoms with Crippen molar-refractivity contribution >= 4 is 0 Å². The van der Waals surface area contributed by atoms with Gasteiger partial charge in [-0.15, -0.1) is 0 Å². The smallest absolute Gasteiger partial charge is 0.158 e. The van der Waals surface area contributed by atoms with Crippen LogP contribution in [0.5, 0.6) is 5.75 Å². The Balaban J connectivity index is 2.39. The lowest BCUT2D eigenvalue weighted by molar-refractivity contribution is 0.242. The molecule has 0 aliphatic rings. The monoisotopic (exact) mass is 250 g/mol. The van der Waals surface area contributed by atoms with Crippen molar-refractivity contribution in [3.8, 4) is 11.6 Å². The number of ether oxygens (including phenoxy) is 1. The molecule has 0 aliphatic heterocycles. The molecule has 0 spiro atoms. The van der Waals surface area contributed by atoms with Crippen molar-refractivity contribution in [2.24, 2.45) is 7.05 Å². The van der Waals surface area contributed by atoms with Crippen molar-refractivity contribution in [1.29, 1.82) is 0 Å². The number of aliphatic hydroxyl groups is 1. The van der Waals surface area contributed by atoms with E-state index in [2.05, 4.69) is 10.2 Å². The number of aromatic nitrogens is 4. The second kappa shape index (κ2) is 4.81. The topological polar surface area (TPSA) is 65.1 Å². The van der Waals surface area contributed by atoms with Crippen LogP contribution in [-0.2, 0) is 13.7 Å². The molecule has 0 aliphatic carbocycles. The van der Waals surface area contributed by atoms with Gasteiger partial charge in [0.15, 0.2) is 11.6 Å². The minimum absolute atomic E-state index is 0.0603. The van der Waals surface area contributed by atoms with Gasteiger partial charge in [0, 0.05) is 12.6 Å². The number of aliphatic hydroxyl groups excluding tert-OH is 1. The zero-order valence-corrected chi connectivity index (χ0v) is 11.1. The molecule has 0 saturated carbocycles. The van der Waals surface area contributed by atoms with E-state index in [0.29, 0.717) is 5.75 Å². The minimum Gasteiger partial charge on any atom is -0.488 e. The molecule has 98 valence electrons. The van der Waals surface area contributed by atoms with Gasteiger partial charge in [-0.05, 0) is 20.8 Å². The maximum atomic E-state index is 9.40. The molecule has 6 nitrogen and oxygen atoms in total. The van der Waals surface area contributed by atoms with E-state index in [4.69, 9.17) is 4.74 Å². The number of nitrogens with zero attached hydrogens (tertiary/aromatic N) is 4. The van der Waals surface area contributed by atoms with E-state index in [0.717, 1.165) is 17.1 Å². The van der Waals surface area contributed by atoms with Crippen LogP contribution in [0.4, 0.5) is 0 Å². The molecule has 2 aromatic rings. The van der Waals surface area contributed by atoms with Crippen LogP contribution in [-0.4, -0.2) is 30.8 Å². The second-order valence-corrected chi connectivity index (χ2v) is 4.46. The average molecular weight is 250 g/mol. The largest absolute Gasteiger partial charge is 0.488 e. The number of aryl methyl sites for hydroxylation is 2. The van der Waals surface area contributed by atoms with Crippen molar-refractivity contribution in [2.45, 2.75) is 33.5 Å². The highest BCUT2D eigenvalue weighted by Crippen LogP contribution is 2.20. The Morgan fingerprint density at radius 1 is 1.44 bits per heavy atom. The molecule has 0 amide bonds. The summed E-state index contributed by atoms with van der Waals surface area (Å²) in [6.45, 7) is 5.73. The van der Waals surface area contributed by atoms with Crippen molar-refractivity contribution in [2.75, 3.05) is 0 Å². The Bertz CT molecular complexity index is 542. The molecule has 1 N–H and O–H groups in total. The molecule has 0 aromatic carbocycles. The van der Waals surface area contributed by atoms with Crippen molar-refractivity contribution in [1.82, 2.24) is 19.6 Å². The SMILES string of the molecule is Cc1nn(C)c(-n2cc(OC(C)C)cn2)c1CO. The number of rotatable bonds is 4. The first kappa shape index (κ1) is 12.6. The predicted molar refractivity (Wildman–Crippen MR) is 66.8 cm³/mol. The van der Waals surface area contributed by atoms with Gasteiger partial charge in [0.2, 0.25) is 0 Å². The van der Waals surface area contributed by atoms with Crippen molar-refractivity contribution in [3.05, 3.63) is 23.7 Å². The molecule has 6 heteroatoms. The number of hydrogen-bond acceptors (Lipinski definition) is 4. The van der Waals surface area contributed by atoms with E-state index in [1.165, 1.54) is 0 Å². The summed E-state index contributed by atoms with van der Waals surface area (Å²) in [5.41, 5.74) is 1.58. The molecule has 0 fully saturated rings. The van der Waals surface area contributed by atoms with E-state index in [-0.39, 0.29) is 12.7 Å². The van der Waals surface area contributed by atoms with Gasteiger partial charge in [0.05, 0.1) is 30.8 Å². The predicted octanol–water partition coefficient (Wildman–Crippen LogP) is 1.19. The third-order valence-corrected chi connectivity index (χ3v) is 2.62. The fourth-order valence-electron chi connectivity index (χ4n) is 1.92. The van der Waals surface area contributed by atoms with E-state index in [1.54, 1.807) is 21.8 Å². The Morgan fingerprint density at radius 3 is 2.78 bits per heavy atom. The van der Waals surface area contributed by atoms with Gasteiger partial charge >= 0.3 is 0 Å². The fraction of sp³-hybridized carbons (Fsp3) is 0.500. The van der Waals surface area contributed by atoms with Gasteiger partial charge in [-0.3, -0.25) is 4.68 Å². The standard InChI is InChI=1S/C12H18N4O2/c1-8(2)18-10-5-13-16(6-10)12-11(7-17)9(3)14-15(12)4/h5-6,8,17H,7H2,1-4H3. The molecule has 18 heavy (non-hydrogen) atoms. The summed E-state index contributed by atoms with van der Waals surface area (Å²) in [7, 11) is 1.83. The van der Waals surface area contributed by atoms with E-state index in [9.17, 15) is 5.11 Å². The maximum absolute atomic E-state index is 9.40. The normalized spacial score (nSPS) is 11.2. The first-order valence-corrected chi connectivity index (χ1v) is 5.88. The summed E-state index contributed by atoms with van der Waals surface area (Å²) in [6, 6.07) is 0. The Kier molecular flexibility index (Phi) is 3.38. The van der Waals surface area contributed by atoms with Gasteiger partial charge < -0.3 is 9.84 Å². The molecule has 2 aromatic heterocycles. The van der Waals surface area contributed by atoms with Crippen LogP contribution in [0.3, 0.4) is 0 Å². The lowest BCUT2D eigenvalue weighted by atomic mass is 10.2. The molecule has 2 rings (SSSR count). The molecule has 0 saturated heterocycles. The Hall–Kier alpha value is -1.82. The van der Waals surface area contributed by atoms with Crippen LogP contribution in [0.15, 0.2) is 12.4 Å². The van der Waals surface area contributed by atoms with Crippen LogP contribution < -0.4 is 4.74 Å². The highest BCUT2D eigenvalue weighted by Gasteiger charge is 2.15. The van der Waals surface area contributed by atoms with Crippen LogP contribution in [0.1, 0.15) is 25.1 Å². The van der Waals surface area contributed by atoms with Gasteiger partial charge in [0.1, 0.15) is 0 Å². The van der Waals surface area contributed by atoms with Gasteiger partial charge in [0.25, 0.3) is 0 Å². The Labute approximate surface area is 106 Å². The molecule has 2 heterocycles. The van der Waals surface area contributed by atoms with Crippen LogP contribution in [0, 0.1) is 6.92 Å². The van der Waals surface area contributed by atoms with Crippen LogP contribution in [0.25, 0.3) is 5.82 Å². The second-order valence-electron chi connectivity index (χ2n) is 4.46. The highest BCUT2D eigenvalue weighted by molar-refractivity contribution is 5.37. The third kappa shape index (κ3) is 2.24.